The van der Waals surface area contributed by atoms with Crippen LogP contribution >= 0.6 is 0 Å². The molecule has 80 valence electrons. The molecule has 2 nitrogen and oxygen atoms in total. The topological polar surface area (TPSA) is 26.3 Å². The second kappa shape index (κ2) is 4.57. The quantitative estimate of drug-likeness (QED) is 0.734. The molecule has 0 aliphatic heterocycles. The minimum atomic E-state index is -0.548. The third kappa shape index (κ3) is 2.08. The number of hydrogen-bond acceptors (Lipinski definition) is 2. The van der Waals surface area contributed by atoms with Gasteiger partial charge in [-0.2, -0.15) is 0 Å². The van der Waals surface area contributed by atoms with Crippen LogP contribution in [0.15, 0.2) is 48.5 Å². The van der Waals surface area contributed by atoms with Crippen molar-refractivity contribution in [2.75, 3.05) is 0 Å². The summed E-state index contributed by atoms with van der Waals surface area (Å²) in [5, 5.41) is 0. The molecule has 0 amide bonds. The van der Waals surface area contributed by atoms with E-state index >= 15 is 0 Å². The number of aldehydes is 1. The third-order valence-electron chi connectivity index (χ3n) is 2.09. The second-order valence-corrected chi connectivity index (χ2v) is 3.19. The highest BCUT2D eigenvalue weighted by molar-refractivity contribution is 5.79. The molecule has 0 bridgehead atoms. The maximum atomic E-state index is 13.4. The summed E-state index contributed by atoms with van der Waals surface area (Å²) in [5.41, 5.74) is 0.198. The average Bonchev–Trinajstić information content (AvgIpc) is 2.33. The summed E-state index contributed by atoms with van der Waals surface area (Å²) in [6.07, 6.45) is 0.571. The first kappa shape index (κ1) is 10.4. The smallest absolute Gasteiger partial charge is 0.173 e. The van der Waals surface area contributed by atoms with Crippen molar-refractivity contribution in [1.82, 2.24) is 0 Å². The molecule has 0 spiro atoms. The van der Waals surface area contributed by atoms with Gasteiger partial charge < -0.3 is 4.74 Å². The van der Waals surface area contributed by atoms with Crippen LogP contribution in [0.3, 0.4) is 0 Å². The molecule has 0 aromatic heterocycles. The van der Waals surface area contributed by atoms with Gasteiger partial charge in [-0.05, 0) is 24.3 Å². The Balaban J connectivity index is 2.38. The number of hydrogen-bond donors (Lipinski definition) is 0. The van der Waals surface area contributed by atoms with Gasteiger partial charge in [-0.3, -0.25) is 4.79 Å². The Bertz CT molecular complexity index is 495. The first-order valence-corrected chi connectivity index (χ1v) is 4.78. The molecule has 2 rings (SSSR count). The average molecular weight is 216 g/mol. The molecule has 0 saturated carbocycles. The van der Waals surface area contributed by atoms with Crippen molar-refractivity contribution >= 4 is 6.29 Å². The number of para-hydroxylation sites is 2. The van der Waals surface area contributed by atoms with E-state index < -0.39 is 5.82 Å². The van der Waals surface area contributed by atoms with Crippen molar-refractivity contribution < 1.29 is 13.9 Å². The predicted octanol–water partition coefficient (Wildman–Crippen LogP) is 3.43. The highest BCUT2D eigenvalue weighted by Crippen LogP contribution is 2.26. The minimum Gasteiger partial charge on any atom is -0.454 e. The molecular formula is C13H9FO2. The molecule has 0 unspecified atom stereocenters. The summed E-state index contributed by atoms with van der Waals surface area (Å²) in [7, 11) is 0. The largest absolute Gasteiger partial charge is 0.454 e. The summed E-state index contributed by atoms with van der Waals surface area (Å²) in [6, 6.07) is 13.0. The van der Waals surface area contributed by atoms with Crippen molar-refractivity contribution in [3.8, 4) is 11.5 Å². The van der Waals surface area contributed by atoms with Gasteiger partial charge in [0.05, 0.1) is 5.56 Å². The molecule has 0 N–H and O–H groups in total. The Hall–Kier alpha value is -2.16. The SMILES string of the molecule is O=Cc1cccc(F)c1Oc1ccccc1. The van der Waals surface area contributed by atoms with E-state index in [2.05, 4.69) is 0 Å². The number of benzene rings is 2. The molecule has 2 aromatic rings. The maximum absolute atomic E-state index is 13.4. The Morgan fingerprint density at radius 2 is 1.75 bits per heavy atom. The first-order valence-electron chi connectivity index (χ1n) is 4.78. The van der Waals surface area contributed by atoms with E-state index in [1.165, 1.54) is 18.2 Å². The van der Waals surface area contributed by atoms with Gasteiger partial charge in [-0.15, -0.1) is 0 Å². The van der Waals surface area contributed by atoms with Gasteiger partial charge in [-0.25, -0.2) is 4.39 Å². The van der Waals surface area contributed by atoms with E-state index in [-0.39, 0.29) is 11.3 Å². The van der Waals surface area contributed by atoms with Crippen LogP contribution in [0.4, 0.5) is 4.39 Å². The molecule has 0 aliphatic carbocycles. The molecule has 0 atom stereocenters. The Labute approximate surface area is 92.3 Å². The van der Waals surface area contributed by atoms with Crippen LogP contribution in [0.1, 0.15) is 10.4 Å². The number of carbonyl (C=O) groups is 1. The summed E-state index contributed by atoms with van der Waals surface area (Å²) >= 11 is 0. The maximum Gasteiger partial charge on any atom is 0.173 e. The van der Waals surface area contributed by atoms with Gasteiger partial charge in [0.15, 0.2) is 17.9 Å². The molecule has 3 heteroatoms. The fourth-order valence-electron chi connectivity index (χ4n) is 1.33. The fourth-order valence-corrected chi connectivity index (χ4v) is 1.33. The predicted molar refractivity (Wildman–Crippen MR) is 58.3 cm³/mol. The Morgan fingerprint density at radius 1 is 1.00 bits per heavy atom. The van der Waals surface area contributed by atoms with Gasteiger partial charge in [0.1, 0.15) is 5.75 Å². The van der Waals surface area contributed by atoms with E-state index in [9.17, 15) is 9.18 Å². The van der Waals surface area contributed by atoms with Gasteiger partial charge in [0.2, 0.25) is 0 Å². The Morgan fingerprint density at radius 3 is 2.44 bits per heavy atom. The lowest BCUT2D eigenvalue weighted by Gasteiger charge is -2.08. The zero-order chi connectivity index (χ0) is 11.4. The van der Waals surface area contributed by atoms with Crippen molar-refractivity contribution in [3.05, 3.63) is 59.9 Å². The number of ether oxygens (including phenoxy) is 1. The molecule has 0 fully saturated rings. The minimum absolute atomic E-state index is 0.0382. The zero-order valence-electron chi connectivity index (χ0n) is 8.39. The molecule has 2 aromatic carbocycles. The summed E-state index contributed by atoms with van der Waals surface area (Å²) in [5.74, 6) is -0.0900. The summed E-state index contributed by atoms with van der Waals surface area (Å²) < 4.78 is 18.8. The molecule has 0 heterocycles. The number of rotatable bonds is 3. The standard InChI is InChI=1S/C13H9FO2/c14-12-8-4-5-10(9-15)13(12)16-11-6-2-1-3-7-11/h1-9H. The van der Waals surface area contributed by atoms with Crippen molar-refractivity contribution in [3.63, 3.8) is 0 Å². The van der Waals surface area contributed by atoms with Crippen molar-refractivity contribution in [2.24, 2.45) is 0 Å². The van der Waals surface area contributed by atoms with E-state index in [1.54, 1.807) is 24.3 Å². The van der Waals surface area contributed by atoms with Crippen LogP contribution in [0.2, 0.25) is 0 Å². The third-order valence-corrected chi connectivity index (χ3v) is 2.09. The highest BCUT2D eigenvalue weighted by atomic mass is 19.1. The first-order chi connectivity index (χ1) is 7.81. The van der Waals surface area contributed by atoms with Crippen LogP contribution in [-0.4, -0.2) is 6.29 Å². The second-order valence-electron chi connectivity index (χ2n) is 3.19. The van der Waals surface area contributed by atoms with Crippen LogP contribution in [0, 0.1) is 5.82 Å². The normalized spacial score (nSPS) is 9.81. The number of halogens is 1. The lowest BCUT2D eigenvalue weighted by Crippen LogP contribution is -1.93. The molecule has 0 radical (unpaired) electrons. The highest BCUT2D eigenvalue weighted by Gasteiger charge is 2.09. The van der Waals surface area contributed by atoms with Crippen LogP contribution < -0.4 is 4.74 Å². The fraction of sp³-hybridized carbons (Fsp3) is 0. The van der Waals surface area contributed by atoms with E-state index in [1.807, 2.05) is 6.07 Å². The van der Waals surface area contributed by atoms with Gasteiger partial charge in [0.25, 0.3) is 0 Å². The van der Waals surface area contributed by atoms with Crippen LogP contribution in [0.5, 0.6) is 11.5 Å². The van der Waals surface area contributed by atoms with E-state index in [0.29, 0.717) is 12.0 Å². The van der Waals surface area contributed by atoms with Crippen molar-refractivity contribution in [2.45, 2.75) is 0 Å². The van der Waals surface area contributed by atoms with E-state index in [4.69, 9.17) is 4.74 Å². The van der Waals surface area contributed by atoms with Gasteiger partial charge in [-0.1, -0.05) is 24.3 Å². The van der Waals surface area contributed by atoms with Crippen LogP contribution in [0.25, 0.3) is 0 Å². The zero-order valence-corrected chi connectivity index (χ0v) is 8.39. The van der Waals surface area contributed by atoms with Gasteiger partial charge in [0, 0.05) is 0 Å². The molecule has 16 heavy (non-hydrogen) atoms. The lowest BCUT2D eigenvalue weighted by atomic mass is 10.2. The Kier molecular flexibility index (Phi) is 2.96. The molecular weight excluding hydrogens is 207 g/mol. The monoisotopic (exact) mass is 216 g/mol. The summed E-state index contributed by atoms with van der Waals surface area (Å²) in [4.78, 5) is 10.7. The lowest BCUT2D eigenvalue weighted by molar-refractivity contribution is 0.112. The van der Waals surface area contributed by atoms with Crippen LogP contribution in [-0.2, 0) is 0 Å². The van der Waals surface area contributed by atoms with Gasteiger partial charge >= 0.3 is 0 Å². The molecule has 0 aliphatic rings. The number of carbonyl (C=O) groups excluding carboxylic acids is 1. The molecule has 0 saturated heterocycles. The summed E-state index contributed by atoms with van der Waals surface area (Å²) in [6.45, 7) is 0. The van der Waals surface area contributed by atoms with Crippen molar-refractivity contribution in [1.29, 1.82) is 0 Å². The van der Waals surface area contributed by atoms with E-state index in [0.717, 1.165) is 0 Å².